The fourth-order valence-electron chi connectivity index (χ4n) is 3.07. The normalized spacial score (nSPS) is 10.8. The number of likely N-dealkylation sites (N-methyl/N-ethyl adjacent to an activating group) is 1. The van der Waals surface area contributed by atoms with Gasteiger partial charge in [0.25, 0.3) is 11.5 Å². The van der Waals surface area contributed by atoms with Crippen molar-refractivity contribution in [1.29, 1.82) is 0 Å². The molecule has 0 radical (unpaired) electrons. The number of amides is 1. The van der Waals surface area contributed by atoms with E-state index < -0.39 is 0 Å². The van der Waals surface area contributed by atoms with E-state index in [4.69, 9.17) is 4.74 Å². The maximum absolute atomic E-state index is 13.1. The smallest absolute Gasteiger partial charge is 0.294 e. The zero-order chi connectivity index (χ0) is 22.9. The summed E-state index contributed by atoms with van der Waals surface area (Å²) in [5.41, 5.74) is 2.22. The van der Waals surface area contributed by atoms with E-state index in [2.05, 4.69) is 15.7 Å². The minimum atomic E-state index is -0.287. The minimum absolute atomic E-state index is 0.137. The van der Waals surface area contributed by atoms with Gasteiger partial charge in [-0.05, 0) is 50.8 Å². The molecular weight excluding hydrogens is 406 g/mol. The molecule has 1 amide bonds. The Kier molecular flexibility index (Phi) is 7.99. The Hall–Kier alpha value is -3.65. The summed E-state index contributed by atoms with van der Waals surface area (Å²) in [6.45, 7) is 3.95. The molecule has 168 valence electrons. The fourth-order valence-corrected chi connectivity index (χ4v) is 3.07. The van der Waals surface area contributed by atoms with Gasteiger partial charge in [-0.1, -0.05) is 30.3 Å². The first-order chi connectivity index (χ1) is 15.5. The predicted molar refractivity (Wildman–Crippen MR) is 126 cm³/mol. The Morgan fingerprint density at radius 2 is 1.81 bits per heavy atom. The topological polar surface area (TPSA) is 88.5 Å². The average Bonchev–Trinajstić information content (AvgIpc) is 2.79. The van der Waals surface area contributed by atoms with E-state index in [1.54, 1.807) is 30.5 Å². The number of hydrogen-bond donors (Lipinski definition) is 2. The number of carbonyl (C=O) groups excluding carboxylic acids is 1. The van der Waals surface area contributed by atoms with Crippen LogP contribution in [-0.2, 0) is 6.54 Å². The van der Waals surface area contributed by atoms with E-state index in [-0.39, 0.29) is 11.5 Å². The average molecular weight is 436 g/mol. The number of aromatic nitrogens is 2. The third kappa shape index (κ3) is 6.18. The van der Waals surface area contributed by atoms with Gasteiger partial charge in [-0.15, -0.1) is 0 Å². The Labute approximate surface area is 187 Å². The van der Waals surface area contributed by atoms with Crippen LogP contribution in [0, 0.1) is 0 Å². The minimum Gasteiger partial charge on any atom is -0.490 e. The summed E-state index contributed by atoms with van der Waals surface area (Å²) in [4.78, 5) is 27.4. The molecule has 1 heterocycles. The highest BCUT2D eigenvalue weighted by atomic mass is 16.5. The highest BCUT2D eigenvalue weighted by molar-refractivity contribution is 5.94. The molecule has 0 unspecified atom stereocenters. The van der Waals surface area contributed by atoms with E-state index in [1.807, 2.05) is 56.3 Å². The number of nitrogens with zero attached hydrogens (tertiary/aromatic N) is 3. The van der Waals surface area contributed by atoms with Crippen LogP contribution in [0.3, 0.4) is 0 Å². The van der Waals surface area contributed by atoms with Gasteiger partial charge < -0.3 is 20.3 Å². The van der Waals surface area contributed by atoms with Crippen LogP contribution in [0.4, 0.5) is 11.4 Å². The maximum Gasteiger partial charge on any atom is 0.294 e. The van der Waals surface area contributed by atoms with Crippen LogP contribution in [0.15, 0.2) is 65.6 Å². The van der Waals surface area contributed by atoms with Crippen molar-refractivity contribution in [3.63, 3.8) is 0 Å². The molecule has 0 saturated carbocycles. The zero-order valence-electron chi connectivity index (χ0n) is 18.7. The van der Waals surface area contributed by atoms with Gasteiger partial charge in [-0.25, -0.2) is 4.68 Å². The van der Waals surface area contributed by atoms with Gasteiger partial charge in [-0.2, -0.15) is 5.10 Å². The number of nitrogens with one attached hydrogen (secondary N) is 2. The third-order valence-electron chi connectivity index (χ3n) is 4.75. The van der Waals surface area contributed by atoms with Gasteiger partial charge in [0.05, 0.1) is 19.3 Å². The van der Waals surface area contributed by atoms with E-state index >= 15 is 0 Å². The highest BCUT2D eigenvalue weighted by Crippen LogP contribution is 2.23. The van der Waals surface area contributed by atoms with E-state index in [0.717, 1.165) is 12.1 Å². The van der Waals surface area contributed by atoms with E-state index in [1.165, 1.54) is 4.68 Å². The molecule has 2 aromatic carbocycles. The van der Waals surface area contributed by atoms with Crippen LogP contribution in [0.25, 0.3) is 0 Å². The van der Waals surface area contributed by atoms with Crippen molar-refractivity contribution >= 4 is 17.3 Å². The zero-order valence-corrected chi connectivity index (χ0v) is 18.7. The van der Waals surface area contributed by atoms with Crippen molar-refractivity contribution in [3.8, 4) is 5.75 Å². The molecule has 2 N–H and O–H groups in total. The molecule has 32 heavy (non-hydrogen) atoms. The molecule has 1 aromatic heterocycles. The molecular formula is C24H29N5O3. The summed E-state index contributed by atoms with van der Waals surface area (Å²) in [5, 5.41) is 10.3. The van der Waals surface area contributed by atoms with Gasteiger partial charge in [0.2, 0.25) is 0 Å². The molecule has 8 heteroatoms. The van der Waals surface area contributed by atoms with Crippen LogP contribution in [0.5, 0.6) is 5.75 Å². The lowest BCUT2D eigenvalue weighted by Crippen LogP contribution is -2.31. The van der Waals surface area contributed by atoms with Crippen LogP contribution in [0.2, 0.25) is 0 Å². The Balaban J connectivity index is 1.78. The Morgan fingerprint density at radius 3 is 2.47 bits per heavy atom. The van der Waals surface area contributed by atoms with Crippen molar-refractivity contribution in [2.24, 2.45) is 0 Å². The fraction of sp³-hybridized carbons (Fsp3) is 0.292. The van der Waals surface area contributed by atoms with Crippen LogP contribution in [-0.4, -0.2) is 54.4 Å². The van der Waals surface area contributed by atoms with Crippen molar-refractivity contribution in [2.45, 2.75) is 13.5 Å². The Morgan fingerprint density at radius 1 is 1.09 bits per heavy atom. The number of rotatable bonds is 10. The first-order valence-electron chi connectivity index (χ1n) is 10.5. The molecule has 0 aliphatic heterocycles. The molecule has 0 saturated heterocycles. The Bertz CT molecular complexity index is 1080. The van der Waals surface area contributed by atoms with Crippen molar-refractivity contribution in [2.75, 3.05) is 39.1 Å². The number of ether oxygens (including phenoxy) is 1. The van der Waals surface area contributed by atoms with Crippen molar-refractivity contribution < 1.29 is 9.53 Å². The monoisotopic (exact) mass is 435 g/mol. The predicted octanol–water partition coefficient (Wildman–Crippen LogP) is 2.73. The lowest BCUT2D eigenvalue weighted by atomic mass is 10.2. The quantitative estimate of drug-likeness (QED) is 0.509. The molecule has 0 atom stereocenters. The lowest BCUT2D eigenvalue weighted by molar-refractivity contribution is 0.0951. The standard InChI is InChI=1S/C24H29N5O3/c1-4-32-21-16-26-29(17-18-8-6-5-7-9-18)24(31)22(21)27-20-12-10-19(11-13-20)23(30)25-14-15-28(2)3/h5-13,16,27H,4,14-15,17H2,1-3H3,(H,25,30). The van der Waals surface area contributed by atoms with Gasteiger partial charge in [0, 0.05) is 24.3 Å². The van der Waals surface area contributed by atoms with Gasteiger partial charge in [0.15, 0.2) is 11.4 Å². The first-order valence-corrected chi connectivity index (χ1v) is 10.5. The number of anilines is 2. The van der Waals surface area contributed by atoms with Crippen LogP contribution >= 0.6 is 0 Å². The van der Waals surface area contributed by atoms with Gasteiger partial charge in [0.1, 0.15) is 0 Å². The van der Waals surface area contributed by atoms with Crippen LogP contribution in [0.1, 0.15) is 22.8 Å². The number of hydrogen-bond acceptors (Lipinski definition) is 6. The second kappa shape index (κ2) is 11.1. The summed E-state index contributed by atoms with van der Waals surface area (Å²) in [5.74, 6) is 0.245. The molecule has 0 aliphatic carbocycles. The van der Waals surface area contributed by atoms with E-state index in [0.29, 0.717) is 42.4 Å². The number of carbonyl (C=O) groups is 1. The van der Waals surface area contributed by atoms with Crippen molar-refractivity contribution in [1.82, 2.24) is 20.0 Å². The summed E-state index contributed by atoms with van der Waals surface area (Å²) in [7, 11) is 3.91. The number of benzene rings is 2. The maximum atomic E-state index is 13.1. The molecule has 3 rings (SSSR count). The summed E-state index contributed by atoms with van der Waals surface area (Å²) in [6, 6.07) is 16.6. The SMILES string of the molecule is CCOc1cnn(Cc2ccccc2)c(=O)c1Nc1ccc(C(=O)NCCN(C)C)cc1. The van der Waals surface area contributed by atoms with Gasteiger partial charge in [-0.3, -0.25) is 9.59 Å². The summed E-state index contributed by atoms with van der Waals surface area (Å²) >= 11 is 0. The van der Waals surface area contributed by atoms with Crippen LogP contribution < -0.4 is 20.9 Å². The third-order valence-corrected chi connectivity index (χ3v) is 4.75. The van der Waals surface area contributed by atoms with E-state index in [9.17, 15) is 9.59 Å². The summed E-state index contributed by atoms with van der Waals surface area (Å²) < 4.78 is 7.01. The molecule has 3 aromatic rings. The van der Waals surface area contributed by atoms with Crippen molar-refractivity contribution in [3.05, 3.63) is 82.3 Å². The molecule has 8 nitrogen and oxygen atoms in total. The molecule has 0 bridgehead atoms. The molecule has 0 aliphatic rings. The molecule has 0 fully saturated rings. The first kappa shape index (κ1) is 23.0. The lowest BCUT2D eigenvalue weighted by Gasteiger charge is -2.14. The second-order valence-corrected chi connectivity index (χ2v) is 7.53. The summed E-state index contributed by atoms with van der Waals surface area (Å²) in [6.07, 6.45) is 1.54. The second-order valence-electron chi connectivity index (χ2n) is 7.53. The molecule has 0 spiro atoms. The van der Waals surface area contributed by atoms with Gasteiger partial charge >= 0.3 is 0 Å². The highest BCUT2D eigenvalue weighted by Gasteiger charge is 2.14. The largest absolute Gasteiger partial charge is 0.490 e.